The molecule has 0 aliphatic heterocycles. The highest BCUT2D eigenvalue weighted by Crippen LogP contribution is 2.37. The van der Waals surface area contributed by atoms with Crippen molar-refractivity contribution >= 4 is 27.3 Å². The number of nitrogens with one attached hydrogen (secondary N) is 1. The van der Waals surface area contributed by atoms with E-state index in [9.17, 15) is 39.6 Å². The topological polar surface area (TPSA) is 75.7 Å². The van der Waals surface area contributed by atoms with Gasteiger partial charge in [0.25, 0.3) is 5.91 Å². The lowest BCUT2D eigenvalue weighted by molar-refractivity contribution is -0.143. The van der Waals surface area contributed by atoms with Gasteiger partial charge in [-0.2, -0.15) is 26.3 Å². The largest absolute Gasteiger partial charge is 0.484 e. The molecule has 1 amide bonds. The summed E-state index contributed by atoms with van der Waals surface area (Å²) < 4.78 is 106. The maximum absolute atomic E-state index is 12.9. The lowest BCUT2D eigenvalue weighted by Crippen LogP contribution is -2.24. The van der Waals surface area contributed by atoms with Crippen molar-refractivity contribution in [2.45, 2.75) is 12.4 Å². The molecule has 2 aromatic carbocycles. The van der Waals surface area contributed by atoms with E-state index in [4.69, 9.17) is 4.74 Å². The van der Waals surface area contributed by atoms with Gasteiger partial charge < -0.3 is 10.1 Å². The highest BCUT2D eigenvalue weighted by Gasteiger charge is 2.37. The first-order chi connectivity index (χ1) is 14.1. The highest BCUT2D eigenvalue weighted by molar-refractivity contribution is 7.92. The number of nitrogens with zero attached hydrogens (tertiary/aromatic N) is 1. The zero-order valence-corrected chi connectivity index (χ0v) is 16.8. The fourth-order valence-electron chi connectivity index (χ4n) is 2.32. The number of ether oxygens (including phenoxy) is 1. The fourth-order valence-corrected chi connectivity index (χ4v) is 2.82. The average molecular weight is 470 g/mol. The SMILES string of the molecule is CN(c1ccc(OCC(=O)Nc2cc(C(F)(F)F)cc(C(F)(F)F)c2)cc1)S(C)(=O)=O. The van der Waals surface area contributed by atoms with Crippen molar-refractivity contribution in [3.05, 3.63) is 53.6 Å². The number of carbonyl (C=O) groups excluding carboxylic acids is 1. The number of sulfonamides is 1. The molecule has 2 aromatic rings. The summed E-state index contributed by atoms with van der Waals surface area (Å²) in [6.45, 7) is -0.709. The van der Waals surface area contributed by atoms with Crippen LogP contribution in [0.25, 0.3) is 0 Å². The Labute approximate surface area is 173 Å². The number of carbonyl (C=O) groups is 1. The zero-order chi connectivity index (χ0) is 23.6. The molecule has 13 heteroatoms. The summed E-state index contributed by atoms with van der Waals surface area (Å²) in [5.74, 6) is -0.870. The van der Waals surface area contributed by atoms with Crippen molar-refractivity contribution < 1.29 is 44.3 Å². The summed E-state index contributed by atoms with van der Waals surface area (Å²) in [5, 5.41) is 1.94. The molecular weight excluding hydrogens is 454 g/mol. The van der Waals surface area contributed by atoms with E-state index in [-0.39, 0.29) is 11.8 Å². The van der Waals surface area contributed by atoms with Crippen LogP contribution < -0.4 is 14.4 Å². The Morgan fingerprint density at radius 2 is 1.45 bits per heavy atom. The average Bonchev–Trinajstić information content (AvgIpc) is 2.64. The van der Waals surface area contributed by atoms with Crippen molar-refractivity contribution in [1.82, 2.24) is 0 Å². The Balaban J connectivity index is 2.09. The molecular formula is C18H16F6N2O4S. The summed E-state index contributed by atoms with van der Waals surface area (Å²) in [6, 6.07) is 6.16. The normalized spacial score (nSPS) is 12.4. The Kier molecular flexibility index (Phi) is 6.78. The molecule has 0 aromatic heterocycles. The van der Waals surface area contributed by atoms with Gasteiger partial charge in [0.05, 0.1) is 23.1 Å². The molecule has 0 fully saturated rings. The molecule has 2 rings (SSSR count). The second-order valence-electron chi connectivity index (χ2n) is 6.36. The number of amides is 1. The van der Waals surface area contributed by atoms with E-state index in [0.717, 1.165) is 10.6 Å². The number of hydrogen-bond donors (Lipinski definition) is 1. The van der Waals surface area contributed by atoms with E-state index >= 15 is 0 Å². The van der Waals surface area contributed by atoms with Crippen molar-refractivity contribution in [1.29, 1.82) is 0 Å². The number of hydrogen-bond acceptors (Lipinski definition) is 4. The Hall–Kier alpha value is -2.96. The van der Waals surface area contributed by atoms with Crippen LogP contribution in [0.15, 0.2) is 42.5 Å². The maximum atomic E-state index is 12.9. The molecule has 6 nitrogen and oxygen atoms in total. The molecule has 0 bridgehead atoms. The van der Waals surface area contributed by atoms with Crippen LogP contribution >= 0.6 is 0 Å². The van der Waals surface area contributed by atoms with Gasteiger partial charge >= 0.3 is 12.4 Å². The highest BCUT2D eigenvalue weighted by atomic mass is 32.2. The molecule has 1 N–H and O–H groups in total. The first-order valence-electron chi connectivity index (χ1n) is 8.33. The number of benzene rings is 2. The van der Waals surface area contributed by atoms with Gasteiger partial charge in [0.15, 0.2) is 6.61 Å². The van der Waals surface area contributed by atoms with Crippen molar-refractivity contribution in [3.63, 3.8) is 0 Å². The third kappa shape index (κ3) is 6.77. The van der Waals surface area contributed by atoms with E-state index in [2.05, 4.69) is 0 Å². The molecule has 0 aliphatic rings. The molecule has 0 atom stereocenters. The monoisotopic (exact) mass is 470 g/mol. The summed E-state index contributed by atoms with van der Waals surface area (Å²) in [4.78, 5) is 11.9. The van der Waals surface area contributed by atoms with Gasteiger partial charge in [-0.15, -0.1) is 0 Å². The first-order valence-corrected chi connectivity index (χ1v) is 10.2. The second-order valence-corrected chi connectivity index (χ2v) is 8.37. The van der Waals surface area contributed by atoms with E-state index in [1.807, 2.05) is 5.32 Å². The van der Waals surface area contributed by atoms with Crippen LogP contribution in [-0.2, 0) is 27.2 Å². The Morgan fingerprint density at radius 1 is 0.968 bits per heavy atom. The summed E-state index contributed by atoms with van der Waals surface area (Å²) >= 11 is 0. The molecule has 0 unspecified atom stereocenters. The van der Waals surface area contributed by atoms with Crippen molar-refractivity contribution in [3.8, 4) is 5.75 Å². The molecule has 170 valence electrons. The molecule has 0 heterocycles. The van der Waals surface area contributed by atoms with Crippen LogP contribution in [0.5, 0.6) is 5.75 Å². The first kappa shape index (κ1) is 24.3. The van der Waals surface area contributed by atoms with Gasteiger partial charge in [-0.05, 0) is 42.5 Å². The molecule has 0 radical (unpaired) electrons. The van der Waals surface area contributed by atoms with Crippen LogP contribution in [0.1, 0.15) is 11.1 Å². The van der Waals surface area contributed by atoms with E-state index in [1.165, 1.54) is 31.3 Å². The Morgan fingerprint density at radius 3 is 1.87 bits per heavy atom. The van der Waals surface area contributed by atoms with Gasteiger partial charge in [-0.25, -0.2) is 8.42 Å². The standard InChI is InChI=1S/C18H16F6N2O4S/c1-26(31(2,28)29)14-3-5-15(6-4-14)30-10-16(27)25-13-8-11(17(19,20)21)7-12(9-13)18(22,23)24/h3-9H,10H2,1-2H3,(H,25,27). The zero-order valence-electron chi connectivity index (χ0n) is 16.0. The molecule has 0 saturated carbocycles. The number of rotatable bonds is 6. The van der Waals surface area contributed by atoms with Gasteiger partial charge in [0.1, 0.15) is 5.75 Å². The predicted octanol–water partition coefficient (Wildman–Crippen LogP) is 4.14. The molecule has 31 heavy (non-hydrogen) atoms. The number of halogens is 6. The third-order valence-electron chi connectivity index (χ3n) is 3.94. The smallest absolute Gasteiger partial charge is 0.416 e. The van der Waals surface area contributed by atoms with Gasteiger partial charge in [-0.1, -0.05) is 0 Å². The second kappa shape index (κ2) is 8.65. The van der Waals surface area contributed by atoms with Gasteiger partial charge in [0.2, 0.25) is 10.0 Å². The lowest BCUT2D eigenvalue weighted by atomic mass is 10.1. The van der Waals surface area contributed by atoms with E-state index in [1.54, 1.807) is 0 Å². The minimum atomic E-state index is -5.04. The van der Waals surface area contributed by atoms with Crippen LogP contribution in [0.4, 0.5) is 37.7 Å². The Bertz CT molecular complexity index is 1020. The van der Waals surface area contributed by atoms with Crippen LogP contribution in [0, 0.1) is 0 Å². The minimum Gasteiger partial charge on any atom is -0.484 e. The predicted molar refractivity (Wildman–Crippen MR) is 100 cm³/mol. The van der Waals surface area contributed by atoms with Gasteiger partial charge in [-0.3, -0.25) is 9.10 Å². The minimum absolute atomic E-state index is 0.0543. The number of alkyl halides is 6. The van der Waals surface area contributed by atoms with E-state index in [0.29, 0.717) is 17.8 Å². The maximum Gasteiger partial charge on any atom is 0.416 e. The molecule has 0 aliphatic carbocycles. The van der Waals surface area contributed by atoms with E-state index < -0.39 is 51.7 Å². The molecule has 0 saturated heterocycles. The lowest BCUT2D eigenvalue weighted by Gasteiger charge is -2.17. The summed E-state index contributed by atoms with van der Waals surface area (Å²) in [6.07, 6.45) is -9.09. The van der Waals surface area contributed by atoms with Crippen LogP contribution in [0.2, 0.25) is 0 Å². The van der Waals surface area contributed by atoms with Crippen LogP contribution in [0.3, 0.4) is 0 Å². The van der Waals surface area contributed by atoms with Crippen molar-refractivity contribution in [2.24, 2.45) is 0 Å². The quantitative estimate of drug-likeness (QED) is 0.644. The number of anilines is 2. The third-order valence-corrected chi connectivity index (χ3v) is 5.14. The van der Waals surface area contributed by atoms with Gasteiger partial charge in [0, 0.05) is 12.7 Å². The fraction of sp³-hybridized carbons (Fsp3) is 0.278. The molecule has 0 spiro atoms. The summed E-state index contributed by atoms with van der Waals surface area (Å²) in [7, 11) is -2.17. The van der Waals surface area contributed by atoms with Crippen LogP contribution in [-0.4, -0.2) is 34.2 Å². The summed E-state index contributed by atoms with van der Waals surface area (Å²) in [5.41, 5.74) is -3.52. The van der Waals surface area contributed by atoms with Crippen molar-refractivity contribution in [2.75, 3.05) is 29.5 Å².